The molecule has 2 aromatic carbocycles. The second-order valence-corrected chi connectivity index (χ2v) is 6.36. The summed E-state index contributed by atoms with van der Waals surface area (Å²) in [5.41, 5.74) is 5.21. The minimum atomic E-state index is 0.862. The van der Waals surface area contributed by atoms with Crippen LogP contribution in [0.5, 0.6) is 0 Å². The van der Waals surface area contributed by atoms with Crippen LogP contribution in [0.2, 0.25) is 0 Å². The highest BCUT2D eigenvalue weighted by atomic mass is 127. The van der Waals surface area contributed by atoms with E-state index in [-0.39, 0.29) is 0 Å². The van der Waals surface area contributed by atoms with E-state index in [1.807, 2.05) is 0 Å². The molecule has 0 unspecified atom stereocenters. The Morgan fingerprint density at radius 3 is 2.67 bits per heavy atom. The lowest BCUT2D eigenvalue weighted by molar-refractivity contribution is 1.10. The highest BCUT2D eigenvalue weighted by molar-refractivity contribution is 14.1. The third-order valence-electron chi connectivity index (χ3n) is 3.12. The maximum atomic E-state index is 3.55. The minimum absolute atomic E-state index is 0.862. The van der Waals surface area contributed by atoms with Crippen LogP contribution in [0.1, 0.15) is 16.7 Å². The lowest BCUT2D eigenvalue weighted by Gasteiger charge is -2.11. The van der Waals surface area contributed by atoms with Gasteiger partial charge in [-0.2, -0.15) is 0 Å². The van der Waals surface area contributed by atoms with Crippen LogP contribution in [-0.4, -0.2) is 0 Å². The Balaban J connectivity index is 2.11. The number of halogens is 2. The summed E-state index contributed by atoms with van der Waals surface area (Å²) in [7, 11) is 0. The third kappa shape index (κ3) is 3.26. The van der Waals surface area contributed by atoms with Gasteiger partial charge in [0.05, 0.1) is 0 Å². The molecule has 0 saturated heterocycles. The van der Waals surface area contributed by atoms with Crippen LogP contribution >= 0.6 is 38.5 Å². The van der Waals surface area contributed by atoms with Crippen molar-refractivity contribution in [2.75, 3.05) is 5.32 Å². The average molecular weight is 416 g/mol. The molecule has 0 heterocycles. The monoisotopic (exact) mass is 415 g/mol. The molecule has 0 fully saturated rings. The second-order valence-electron chi connectivity index (χ2n) is 4.34. The molecule has 1 nitrogen and oxygen atoms in total. The molecule has 0 atom stereocenters. The Kier molecular flexibility index (Phi) is 4.67. The summed E-state index contributed by atoms with van der Waals surface area (Å²) in [6, 6.07) is 12.8. The van der Waals surface area contributed by atoms with Crippen LogP contribution in [0, 0.1) is 17.4 Å². The molecule has 0 radical (unpaired) electrons. The first-order chi connectivity index (χ1) is 8.58. The molecule has 0 aliphatic rings. The van der Waals surface area contributed by atoms with Crippen LogP contribution in [0.15, 0.2) is 40.9 Å². The van der Waals surface area contributed by atoms with Crippen LogP contribution in [0.25, 0.3) is 0 Å². The van der Waals surface area contributed by atoms with Crippen molar-refractivity contribution >= 4 is 44.2 Å². The summed E-state index contributed by atoms with van der Waals surface area (Å²) in [5, 5.41) is 3.46. The van der Waals surface area contributed by atoms with Crippen molar-refractivity contribution in [1.29, 1.82) is 0 Å². The molecule has 0 aliphatic heterocycles. The smallest absolute Gasteiger partial charge is 0.0403 e. The molecule has 1 N–H and O–H groups in total. The predicted molar refractivity (Wildman–Crippen MR) is 90.1 cm³/mol. The molecular formula is C15H15BrIN. The number of nitrogens with one attached hydrogen (secondary N) is 1. The van der Waals surface area contributed by atoms with Gasteiger partial charge in [0.1, 0.15) is 0 Å². The molecule has 0 aliphatic carbocycles. The standard InChI is InChI=1S/C15H15BrIN/c1-10-4-3-5-12(11(10)2)9-18-13-6-7-15(17)14(16)8-13/h3-8,18H,9H2,1-2H3. The Morgan fingerprint density at radius 1 is 1.17 bits per heavy atom. The van der Waals surface area contributed by atoms with Gasteiger partial charge in [0.25, 0.3) is 0 Å². The number of aryl methyl sites for hydroxylation is 1. The van der Waals surface area contributed by atoms with Crippen LogP contribution in [0.3, 0.4) is 0 Å². The quantitative estimate of drug-likeness (QED) is 0.672. The Morgan fingerprint density at radius 2 is 1.94 bits per heavy atom. The van der Waals surface area contributed by atoms with E-state index in [2.05, 4.69) is 94.1 Å². The van der Waals surface area contributed by atoms with Gasteiger partial charge in [-0.15, -0.1) is 0 Å². The van der Waals surface area contributed by atoms with E-state index in [0.29, 0.717) is 0 Å². The summed E-state index contributed by atoms with van der Waals surface area (Å²) in [6.07, 6.45) is 0. The molecule has 0 aromatic heterocycles. The van der Waals surface area contributed by atoms with E-state index in [9.17, 15) is 0 Å². The minimum Gasteiger partial charge on any atom is -0.381 e. The molecule has 3 heteroatoms. The Bertz CT molecular complexity index is 566. The number of anilines is 1. The van der Waals surface area contributed by atoms with Gasteiger partial charge in [0.15, 0.2) is 0 Å². The first kappa shape index (κ1) is 13.9. The van der Waals surface area contributed by atoms with Gasteiger partial charge < -0.3 is 5.32 Å². The lowest BCUT2D eigenvalue weighted by atomic mass is 10.0. The van der Waals surface area contributed by atoms with E-state index in [4.69, 9.17) is 0 Å². The number of hydrogen-bond acceptors (Lipinski definition) is 1. The molecular weight excluding hydrogens is 401 g/mol. The molecule has 2 rings (SSSR count). The second kappa shape index (κ2) is 6.06. The van der Waals surface area contributed by atoms with Crippen molar-refractivity contribution in [1.82, 2.24) is 0 Å². The fraction of sp³-hybridized carbons (Fsp3) is 0.200. The number of benzene rings is 2. The predicted octanol–water partition coefficient (Wildman–Crippen LogP) is 5.28. The van der Waals surface area contributed by atoms with Gasteiger partial charge in [0, 0.05) is 20.3 Å². The van der Waals surface area contributed by atoms with Gasteiger partial charge in [-0.1, -0.05) is 18.2 Å². The SMILES string of the molecule is Cc1cccc(CNc2ccc(I)c(Br)c2)c1C. The molecule has 94 valence electrons. The van der Waals surface area contributed by atoms with Crippen molar-refractivity contribution in [2.45, 2.75) is 20.4 Å². The first-order valence-corrected chi connectivity index (χ1v) is 7.69. The normalized spacial score (nSPS) is 10.4. The van der Waals surface area contributed by atoms with Crippen molar-refractivity contribution in [2.24, 2.45) is 0 Å². The molecule has 2 aromatic rings. The summed E-state index contributed by atoms with van der Waals surface area (Å²) in [4.78, 5) is 0. The fourth-order valence-electron chi connectivity index (χ4n) is 1.81. The van der Waals surface area contributed by atoms with Crippen molar-refractivity contribution in [3.63, 3.8) is 0 Å². The van der Waals surface area contributed by atoms with Gasteiger partial charge in [0.2, 0.25) is 0 Å². The van der Waals surface area contributed by atoms with E-state index in [0.717, 1.165) is 16.7 Å². The highest BCUT2D eigenvalue weighted by Gasteiger charge is 2.02. The van der Waals surface area contributed by atoms with Gasteiger partial charge in [-0.05, 0) is 87.3 Å². The Labute approximate surface area is 130 Å². The lowest BCUT2D eigenvalue weighted by Crippen LogP contribution is -2.02. The average Bonchev–Trinajstić information content (AvgIpc) is 2.35. The van der Waals surface area contributed by atoms with Crippen LogP contribution < -0.4 is 5.32 Å². The zero-order valence-corrected chi connectivity index (χ0v) is 14.2. The number of rotatable bonds is 3. The van der Waals surface area contributed by atoms with E-state index in [1.54, 1.807) is 0 Å². The molecule has 0 spiro atoms. The van der Waals surface area contributed by atoms with Gasteiger partial charge >= 0.3 is 0 Å². The maximum Gasteiger partial charge on any atom is 0.0403 e. The van der Waals surface area contributed by atoms with Crippen LogP contribution in [-0.2, 0) is 6.54 Å². The summed E-state index contributed by atoms with van der Waals surface area (Å²) < 4.78 is 2.36. The van der Waals surface area contributed by atoms with Crippen molar-refractivity contribution < 1.29 is 0 Å². The summed E-state index contributed by atoms with van der Waals surface area (Å²) >= 11 is 5.87. The fourth-order valence-corrected chi connectivity index (χ4v) is 2.52. The van der Waals surface area contributed by atoms with E-state index < -0.39 is 0 Å². The van der Waals surface area contributed by atoms with Crippen molar-refractivity contribution in [3.8, 4) is 0 Å². The first-order valence-electron chi connectivity index (χ1n) is 5.82. The van der Waals surface area contributed by atoms with Crippen molar-refractivity contribution in [3.05, 3.63) is 61.1 Å². The Hall–Kier alpha value is -0.550. The maximum absolute atomic E-state index is 3.55. The molecule has 0 bridgehead atoms. The summed E-state index contributed by atoms with van der Waals surface area (Å²) in [6.45, 7) is 5.19. The van der Waals surface area contributed by atoms with Gasteiger partial charge in [-0.25, -0.2) is 0 Å². The highest BCUT2D eigenvalue weighted by Crippen LogP contribution is 2.23. The molecule has 18 heavy (non-hydrogen) atoms. The number of hydrogen-bond donors (Lipinski definition) is 1. The zero-order chi connectivity index (χ0) is 13.1. The molecule has 0 saturated carbocycles. The van der Waals surface area contributed by atoms with Gasteiger partial charge in [-0.3, -0.25) is 0 Å². The molecule has 0 amide bonds. The zero-order valence-electron chi connectivity index (χ0n) is 10.4. The topological polar surface area (TPSA) is 12.0 Å². The van der Waals surface area contributed by atoms with E-state index in [1.165, 1.54) is 20.3 Å². The largest absolute Gasteiger partial charge is 0.381 e. The summed E-state index contributed by atoms with van der Waals surface area (Å²) in [5.74, 6) is 0. The third-order valence-corrected chi connectivity index (χ3v) is 5.46. The van der Waals surface area contributed by atoms with Crippen LogP contribution in [0.4, 0.5) is 5.69 Å². The van der Waals surface area contributed by atoms with E-state index >= 15 is 0 Å².